The summed E-state index contributed by atoms with van der Waals surface area (Å²) in [5, 5.41) is 17.6. The van der Waals surface area contributed by atoms with Crippen molar-refractivity contribution in [2.24, 2.45) is 0 Å². The zero-order valence-corrected chi connectivity index (χ0v) is 8.93. The topological polar surface area (TPSA) is 76.0 Å². The van der Waals surface area contributed by atoms with Crippen LogP contribution in [0, 0.1) is 0 Å². The van der Waals surface area contributed by atoms with Crippen molar-refractivity contribution < 1.29 is 24.5 Å². The average molecular weight is 224 g/mol. The van der Waals surface area contributed by atoms with Crippen molar-refractivity contribution >= 4 is 12.0 Å². The van der Waals surface area contributed by atoms with E-state index in [4.69, 9.17) is 19.7 Å². The lowest BCUT2D eigenvalue weighted by molar-refractivity contribution is -0.135. The Morgan fingerprint density at radius 1 is 1.25 bits per heavy atom. The van der Waals surface area contributed by atoms with Crippen LogP contribution in [0.5, 0.6) is 11.5 Å². The molecule has 86 valence electrons. The van der Waals surface area contributed by atoms with Crippen LogP contribution in [0.3, 0.4) is 0 Å². The number of hydrogen-bond donors (Lipinski definition) is 2. The van der Waals surface area contributed by atoms with E-state index in [1.165, 1.54) is 14.2 Å². The average Bonchev–Trinajstić information content (AvgIpc) is 2.29. The monoisotopic (exact) mass is 224 g/mol. The molecule has 0 fully saturated rings. The molecular weight excluding hydrogens is 212 g/mol. The molecule has 1 aromatic carbocycles. The zero-order chi connectivity index (χ0) is 12.1. The molecule has 0 aliphatic carbocycles. The van der Waals surface area contributed by atoms with Crippen LogP contribution in [0.1, 0.15) is 5.56 Å². The number of aliphatic hydroxyl groups is 1. The Bertz CT molecular complexity index is 422. The minimum atomic E-state index is -1.39. The van der Waals surface area contributed by atoms with Gasteiger partial charge < -0.3 is 19.7 Å². The van der Waals surface area contributed by atoms with Crippen LogP contribution in [0.4, 0.5) is 0 Å². The zero-order valence-electron chi connectivity index (χ0n) is 8.93. The van der Waals surface area contributed by atoms with Gasteiger partial charge in [0.1, 0.15) is 11.5 Å². The van der Waals surface area contributed by atoms with E-state index < -0.39 is 11.7 Å². The number of carbonyl (C=O) groups is 1. The second-order valence-corrected chi connectivity index (χ2v) is 2.94. The van der Waals surface area contributed by atoms with Gasteiger partial charge in [0.05, 0.1) is 14.2 Å². The fourth-order valence-corrected chi connectivity index (χ4v) is 1.15. The first-order valence-corrected chi connectivity index (χ1v) is 4.44. The van der Waals surface area contributed by atoms with Crippen LogP contribution in [-0.4, -0.2) is 30.4 Å². The maximum atomic E-state index is 10.4. The third kappa shape index (κ3) is 2.66. The highest BCUT2D eigenvalue weighted by molar-refractivity contribution is 5.89. The van der Waals surface area contributed by atoms with Crippen molar-refractivity contribution in [2.75, 3.05) is 14.2 Å². The molecule has 0 amide bonds. The van der Waals surface area contributed by atoms with Crippen molar-refractivity contribution in [2.45, 2.75) is 0 Å². The molecule has 0 aliphatic heterocycles. The van der Waals surface area contributed by atoms with Gasteiger partial charge in [0.15, 0.2) is 0 Å². The maximum absolute atomic E-state index is 10.4. The van der Waals surface area contributed by atoms with Crippen LogP contribution in [-0.2, 0) is 4.79 Å². The number of aliphatic carboxylic acids is 1. The molecule has 0 atom stereocenters. The fraction of sp³-hybridized carbons (Fsp3) is 0.182. The molecule has 1 aromatic rings. The van der Waals surface area contributed by atoms with Gasteiger partial charge in [-0.15, -0.1) is 0 Å². The first kappa shape index (κ1) is 11.9. The minimum Gasteiger partial charge on any atom is -0.502 e. The lowest BCUT2D eigenvalue weighted by Crippen LogP contribution is -1.99. The largest absolute Gasteiger partial charge is 0.502 e. The SMILES string of the molecule is COc1ccc(C=C(O)C(=O)O)c(OC)c1. The number of hydrogen-bond acceptors (Lipinski definition) is 4. The van der Waals surface area contributed by atoms with E-state index in [2.05, 4.69) is 0 Å². The van der Waals surface area contributed by atoms with E-state index in [0.717, 1.165) is 6.08 Å². The molecule has 0 aromatic heterocycles. The van der Waals surface area contributed by atoms with Gasteiger partial charge in [0.25, 0.3) is 0 Å². The molecule has 5 heteroatoms. The van der Waals surface area contributed by atoms with Gasteiger partial charge in [-0.1, -0.05) is 0 Å². The summed E-state index contributed by atoms with van der Waals surface area (Å²) in [6.07, 6.45) is 1.11. The lowest BCUT2D eigenvalue weighted by atomic mass is 10.1. The standard InChI is InChI=1S/C11H12O5/c1-15-8-4-3-7(10(6-8)16-2)5-9(12)11(13)14/h3-6,12H,1-2H3,(H,13,14). The Hall–Kier alpha value is -2.17. The normalized spacial score (nSPS) is 11.0. The van der Waals surface area contributed by atoms with Gasteiger partial charge in [-0.25, -0.2) is 4.79 Å². The summed E-state index contributed by atoms with van der Waals surface area (Å²) in [5.41, 5.74) is 0.461. The number of rotatable bonds is 4. The summed E-state index contributed by atoms with van der Waals surface area (Å²) in [5.74, 6) is -1.13. The molecule has 16 heavy (non-hydrogen) atoms. The highest BCUT2D eigenvalue weighted by atomic mass is 16.5. The minimum absolute atomic E-state index is 0.423. The molecule has 5 nitrogen and oxygen atoms in total. The fourth-order valence-electron chi connectivity index (χ4n) is 1.15. The molecule has 0 heterocycles. The molecule has 0 bridgehead atoms. The summed E-state index contributed by atoms with van der Waals surface area (Å²) >= 11 is 0. The molecule has 0 saturated heterocycles. The summed E-state index contributed by atoms with van der Waals surface area (Å²) in [6.45, 7) is 0. The predicted octanol–water partition coefficient (Wildman–Crippen LogP) is 1.69. The number of carboxylic acids is 1. The van der Waals surface area contributed by atoms with Gasteiger partial charge in [-0.2, -0.15) is 0 Å². The number of aliphatic hydroxyl groups excluding tert-OH is 1. The molecule has 0 aliphatic rings. The first-order valence-electron chi connectivity index (χ1n) is 4.44. The van der Waals surface area contributed by atoms with Crippen LogP contribution in [0.2, 0.25) is 0 Å². The predicted molar refractivity (Wildman–Crippen MR) is 57.8 cm³/mol. The maximum Gasteiger partial charge on any atom is 0.370 e. The molecule has 2 N–H and O–H groups in total. The van der Waals surface area contributed by atoms with E-state index in [-0.39, 0.29) is 0 Å². The van der Waals surface area contributed by atoms with E-state index >= 15 is 0 Å². The van der Waals surface area contributed by atoms with Gasteiger partial charge in [0, 0.05) is 11.6 Å². The summed E-state index contributed by atoms with van der Waals surface area (Å²) in [4.78, 5) is 10.4. The number of benzene rings is 1. The molecule has 1 rings (SSSR count). The number of methoxy groups -OCH3 is 2. The van der Waals surface area contributed by atoms with E-state index in [1.807, 2.05) is 0 Å². The summed E-state index contributed by atoms with van der Waals surface area (Å²) in [7, 11) is 2.96. The van der Waals surface area contributed by atoms with Crippen LogP contribution < -0.4 is 9.47 Å². The lowest BCUT2D eigenvalue weighted by Gasteiger charge is -2.07. The van der Waals surface area contributed by atoms with Crippen molar-refractivity contribution in [1.82, 2.24) is 0 Å². The van der Waals surface area contributed by atoms with Crippen LogP contribution in [0.15, 0.2) is 24.0 Å². The smallest absolute Gasteiger partial charge is 0.370 e. The third-order valence-corrected chi connectivity index (χ3v) is 1.95. The first-order chi connectivity index (χ1) is 7.58. The van der Waals surface area contributed by atoms with Gasteiger partial charge in [-0.05, 0) is 18.2 Å². The van der Waals surface area contributed by atoms with Crippen LogP contribution >= 0.6 is 0 Å². The van der Waals surface area contributed by atoms with Crippen molar-refractivity contribution in [3.05, 3.63) is 29.5 Å². The molecule has 0 saturated carbocycles. The van der Waals surface area contributed by atoms with E-state index in [1.54, 1.807) is 18.2 Å². The van der Waals surface area contributed by atoms with Crippen molar-refractivity contribution in [3.8, 4) is 11.5 Å². The Kier molecular flexibility index (Phi) is 3.77. The molecule has 0 unspecified atom stereocenters. The second kappa shape index (κ2) is 5.06. The second-order valence-electron chi connectivity index (χ2n) is 2.94. The Balaban J connectivity index is 3.14. The molecule has 0 radical (unpaired) electrons. The molecule has 0 spiro atoms. The number of carboxylic acid groups (broad SMARTS) is 1. The van der Waals surface area contributed by atoms with Crippen LogP contribution in [0.25, 0.3) is 6.08 Å². The van der Waals surface area contributed by atoms with E-state index in [0.29, 0.717) is 17.1 Å². The van der Waals surface area contributed by atoms with Gasteiger partial charge in [-0.3, -0.25) is 0 Å². The summed E-state index contributed by atoms with van der Waals surface area (Å²) < 4.78 is 10.0. The Morgan fingerprint density at radius 3 is 2.44 bits per heavy atom. The highest BCUT2D eigenvalue weighted by Crippen LogP contribution is 2.26. The Morgan fingerprint density at radius 2 is 1.94 bits per heavy atom. The van der Waals surface area contributed by atoms with E-state index in [9.17, 15) is 4.79 Å². The summed E-state index contributed by atoms with van der Waals surface area (Å²) in [6, 6.07) is 4.83. The quantitative estimate of drug-likeness (QED) is 0.601. The van der Waals surface area contributed by atoms with Crippen molar-refractivity contribution in [1.29, 1.82) is 0 Å². The highest BCUT2D eigenvalue weighted by Gasteiger charge is 2.08. The third-order valence-electron chi connectivity index (χ3n) is 1.95. The van der Waals surface area contributed by atoms with Crippen molar-refractivity contribution in [3.63, 3.8) is 0 Å². The number of ether oxygens (including phenoxy) is 2. The Labute approximate surface area is 92.5 Å². The van der Waals surface area contributed by atoms with Gasteiger partial charge in [0.2, 0.25) is 5.76 Å². The molecular formula is C11H12O5. The van der Waals surface area contributed by atoms with Gasteiger partial charge >= 0.3 is 5.97 Å².